The van der Waals surface area contributed by atoms with E-state index in [0.717, 1.165) is 30.5 Å². The minimum atomic E-state index is -4.32. The fraction of sp³-hybridized carbons (Fsp3) is 0. The van der Waals surface area contributed by atoms with Crippen molar-refractivity contribution in [3.05, 3.63) is 53.3 Å². The van der Waals surface area contributed by atoms with E-state index in [1.807, 2.05) is 0 Å². The minimum Gasteiger partial charge on any atom is -0.262 e. The number of benzene rings is 1. The summed E-state index contributed by atoms with van der Waals surface area (Å²) in [6.07, 6.45) is 2.20. The lowest BCUT2D eigenvalue weighted by Crippen LogP contribution is -2.07. The van der Waals surface area contributed by atoms with Crippen molar-refractivity contribution in [1.82, 2.24) is 4.98 Å². The number of hydrogen-bond donors (Lipinski definition) is 0. The van der Waals surface area contributed by atoms with Gasteiger partial charge in [0.15, 0.2) is 0 Å². The van der Waals surface area contributed by atoms with Gasteiger partial charge in [0, 0.05) is 12.4 Å². The Bertz CT molecular complexity index is 684. The van der Waals surface area contributed by atoms with Crippen molar-refractivity contribution in [2.24, 2.45) is 0 Å². The average molecular weight is 290 g/mol. The van der Waals surface area contributed by atoms with Crippen molar-refractivity contribution in [3.8, 4) is 0 Å². The standard InChI is InChI=1S/C11H6ClF2NO2S/c12-7-4-8(6-15-5-7)18(16,17)11-9(13)2-1-3-10(11)14/h1-6H. The zero-order chi connectivity index (χ0) is 13.3. The average Bonchev–Trinajstić information content (AvgIpc) is 2.28. The summed E-state index contributed by atoms with van der Waals surface area (Å²) in [6, 6.07) is 3.90. The lowest BCUT2D eigenvalue weighted by molar-refractivity contribution is 0.519. The van der Waals surface area contributed by atoms with Gasteiger partial charge in [-0.25, -0.2) is 17.2 Å². The molecule has 18 heavy (non-hydrogen) atoms. The van der Waals surface area contributed by atoms with Crippen molar-refractivity contribution in [2.75, 3.05) is 0 Å². The van der Waals surface area contributed by atoms with Crippen molar-refractivity contribution in [1.29, 1.82) is 0 Å². The molecule has 2 rings (SSSR count). The van der Waals surface area contributed by atoms with Crippen molar-refractivity contribution < 1.29 is 17.2 Å². The molecule has 7 heteroatoms. The van der Waals surface area contributed by atoms with E-state index in [2.05, 4.69) is 4.98 Å². The molecule has 2 aromatic rings. The van der Waals surface area contributed by atoms with E-state index in [0.29, 0.717) is 0 Å². The number of hydrogen-bond acceptors (Lipinski definition) is 3. The summed E-state index contributed by atoms with van der Waals surface area (Å²) in [5.41, 5.74) is 0. The Balaban J connectivity index is 2.70. The maximum atomic E-state index is 13.5. The molecular weight excluding hydrogens is 284 g/mol. The van der Waals surface area contributed by atoms with Crippen LogP contribution in [-0.2, 0) is 9.84 Å². The molecule has 1 heterocycles. The van der Waals surface area contributed by atoms with Crippen LogP contribution in [0.1, 0.15) is 0 Å². The van der Waals surface area contributed by atoms with Gasteiger partial charge >= 0.3 is 0 Å². The van der Waals surface area contributed by atoms with Gasteiger partial charge < -0.3 is 0 Å². The third-order valence-corrected chi connectivity index (χ3v) is 4.16. The van der Waals surface area contributed by atoms with E-state index >= 15 is 0 Å². The third kappa shape index (κ3) is 2.21. The number of pyridine rings is 1. The maximum absolute atomic E-state index is 13.5. The van der Waals surface area contributed by atoms with Crippen molar-refractivity contribution in [3.63, 3.8) is 0 Å². The van der Waals surface area contributed by atoms with Gasteiger partial charge in [0.05, 0.1) is 9.92 Å². The molecule has 0 unspecified atom stereocenters. The third-order valence-electron chi connectivity index (χ3n) is 2.18. The van der Waals surface area contributed by atoms with Crippen molar-refractivity contribution >= 4 is 21.4 Å². The molecule has 0 spiro atoms. The molecule has 3 nitrogen and oxygen atoms in total. The molecule has 0 saturated heterocycles. The molecule has 0 bridgehead atoms. The van der Waals surface area contributed by atoms with Crippen LogP contribution in [0.3, 0.4) is 0 Å². The summed E-state index contributed by atoms with van der Waals surface area (Å²) in [7, 11) is -4.32. The smallest absolute Gasteiger partial charge is 0.213 e. The molecule has 0 N–H and O–H groups in total. The monoisotopic (exact) mass is 289 g/mol. The highest BCUT2D eigenvalue weighted by molar-refractivity contribution is 7.91. The first-order valence-corrected chi connectivity index (χ1v) is 6.58. The Morgan fingerprint density at radius 1 is 1.11 bits per heavy atom. The highest BCUT2D eigenvalue weighted by Gasteiger charge is 2.26. The highest BCUT2D eigenvalue weighted by Crippen LogP contribution is 2.26. The molecule has 0 aliphatic heterocycles. The van der Waals surface area contributed by atoms with E-state index in [9.17, 15) is 17.2 Å². The number of halogens is 3. The normalized spacial score (nSPS) is 11.5. The van der Waals surface area contributed by atoms with Crippen LogP contribution in [0.2, 0.25) is 5.02 Å². The van der Waals surface area contributed by atoms with E-state index < -0.39 is 26.4 Å². The zero-order valence-electron chi connectivity index (χ0n) is 8.77. The van der Waals surface area contributed by atoms with Crippen LogP contribution >= 0.6 is 11.6 Å². The SMILES string of the molecule is O=S(=O)(c1cncc(Cl)c1)c1c(F)cccc1F. The molecular formula is C11H6ClF2NO2S. The van der Waals surface area contributed by atoms with Gasteiger partial charge in [-0.3, -0.25) is 4.98 Å². The quantitative estimate of drug-likeness (QED) is 0.854. The fourth-order valence-corrected chi connectivity index (χ4v) is 3.00. The first kappa shape index (κ1) is 12.9. The predicted molar refractivity (Wildman–Crippen MR) is 61.1 cm³/mol. The summed E-state index contributed by atoms with van der Waals surface area (Å²) in [4.78, 5) is 2.21. The molecule has 0 aliphatic rings. The van der Waals surface area contributed by atoms with E-state index in [-0.39, 0.29) is 9.92 Å². The summed E-state index contributed by atoms with van der Waals surface area (Å²) >= 11 is 5.60. The van der Waals surface area contributed by atoms with Crippen LogP contribution in [0.4, 0.5) is 8.78 Å². The van der Waals surface area contributed by atoms with Crippen LogP contribution in [0, 0.1) is 11.6 Å². The molecule has 94 valence electrons. The van der Waals surface area contributed by atoms with E-state index in [1.54, 1.807) is 0 Å². The van der Waals surface area contributed by atoms with Gasteiger partial charge in [0.25, 0.3) is 0 Å². The molecule has 0 amide bonds. The summed E-state index contributed by atoms with van der Waals surface area (Å²) in [5.74, 6) is -2.31. The molecule has 0 radical (unpaired) electrons. The first-order valence-electron chi connectivity index (χ1n) is 4.72. The Kier molecular flexibility index (Phi) is 3.32. The Labute approximate surface area is 107 Å². The molecule has 1 aromatic carbocycles. The fourth-order valence-electron chi connectivity index (χ4n) is 1.40. The van der Waals surface area contributed by atoms with Gasteiger partial charge in [0.2, 0.25) is 9.84 Å². The number of aromatic nitrogens is 1. The number of rotatable bonds is 2. The second-order valence-corrected chi connectivity index (χ2v) is 5.72. The maximum Gasteiger partial charge on any atom is 0.213 e. The number of nitrogens with zero attached hydrogens (tertiary/aromatic N) is 1. The second kappa shape index (κ2) is 4.62. The number of sulfone groups is 1. The summed E-state index contributed by atoms with van der Waals surface area (Å²) in [5, 5.41) is 0.0628. The lowest BCUT2D eigenvalue weighted by atomic mass is 10.3. The van der Waals surface area contributed by atoms with Crippen LogP contribution in [0.15, 0.2) is 46.5 Å². The van der Waals surface area contributed by atoms with Gasteiger partial charge in [0.1, 0.15) is 16.5 Å². The molecule has 0 aliphatic carbocycles. The molecule has 0 saturated carbocycles. The van der Waals surface area contributed by atoms with Crippen LogP contribution in [-0.4, -0.2) is 13.4 Å². The molecule has 1 aromatic heterocycles. The lowest BCUT2D eigenvalue weighted by Gasteiger charge is -2.06. The summed E-state index contributed by atoms with van der Waals surface area (Å²) in [6.45, 7) is 0. The highest BCUT2D eigenvalue weighted by atomic mass is 35.5. The van der Waals surface area contributed by atoms with E-state index in [4.69, 9.17) is 11.6 Å². The Morgan fingerprint density at radius 3 is 2.28 bits per heavy atom. The van der Waals surface area contributed by atoms with Crippen molar-refractivity contribution in [2.45, 2.75) is 9.79 Å². The van der Waals surface area contributed by atoms with Gasteiger partial charge in [-0.2, -0.15) is 0 Å². The Morgan fingerprint density at radius 2 is 1.72 bits per heavy atom. The zero-order valence-corrected chi connectivity index (χ0v) is 10.3. The largest absolute Gasteiger partial charge is 0.262 e. The topological polar surface area (TPSA) is 47.0 Å². The van der Waals surface area contributed by atoms with Crippen LogP contribution < -0.4 is 0 Å². The van der Waals surface area contributed by atoms with Gasteiger partial charge in [-0.15, -0.1) is 0 Å². The molecule has 0 atom stereocenters. The van der Waals surface area contributed by atoms with E-state index in [1.165, 1.54) is 6.20 Å². The minimum absolute atomic E-state index is 0.0628. The van der Waals surface area contributed by atoms with Crippen LogP contribution in [0.5, 0.6) is 0 Å². The van der Waals surface area contributed by atoms with Gasteiger partial charge in [-0.05, 0) is 18.2 Å². The first-order chi connectivity index (χ1) is 8.43. The van der Waals surface area contributed by atoms with Crippen LogP contribution in [0.25, 0.3) is 0 Å². The Hall–Kier alpha value is -1.53. The predicted octanol–water partition coefficient (Wildman–Crippen LogP) is 2.85. The molecule has 0 fully saturated rings. The summed E-state index contributed by atoms with van der Waals surface area (Å²) < 4.78 is 51.0. The van der Waals surface area contributed by atoms with Gasteiger partial charge in [-0.1, -0.05) is 17.7 Å². The second-order valence-electron chi connectivity index (χ2n) is 3.39.